The second-order valence-electron chi connectivity index (χ2n) is 1.15. The molecule has 34 valence electrons. The minimum absolute atomic E-state index is 0. The van der Waals surface area contributed by atoms with Crippen LogP contribution in [0.4, 0.5) is 0 Å². The Bertz CT molecular complexity index is 83.0. The van der Waals surface area contributed by atoms with E-state index < -0.39 is 0 Å². The van der Waals surface area contributed by atoms with E-state index in [9.17, 15) is 0 Å². The molecule has 0 atom stereocenters. The molecule has 1 aromatic carbocycles. The first-order valence-corrected chi connectivity index (χ1v) is 2.00. The van der Waals surface area contributed by atoms with Crippen molar-refractivity contribution >= 4 is 10.1 Å². The van der Waals surface area contributed by atoms with Crippen LogP contribution in [0.2, 0.25) is 0 Å². The summed E-state index contributed by atoms with van der Waals surface area (Å²) in [4.78, 5) is 0. The molecule has 0 nitrogen and oxygen atoms in total. The normalized spacial score (nSPS) is 6.86. The van der Waals surface area contributed by atoms with Crippen LogP contribution in [-0.4, -0.2) is 10.1 Å². The molecule has 0 aliphatic heterocycles. The zero-order valence-electron chi connectivity index (χ0n) is 6.17. The zero-order chi connectivity index (χ0) is 4.24. The van der Waals surface area contributed by atoms with E-state index in [4.69, 9.17) is 0 Å². The van der Waals surface area contributed by atoms with Gasteiger partial charge in [-0.05, 0) is 0 Å². The molecule has 0 spiro atoms. The molecule has 1 rings (SSSR count). The molecule has 0 saturated heterocycles. The molecule has 1 aromatic rings. The molecule has 0 aliphatic rings. The first kappa shape index (κ1) is 6.39. The SMILES string of the molecule is [Be+2].[H-].[H-].c1ccccc1. The molecule has 0 unspecified atom stereocenters. The molecule has 0 bridgehead atoms. The van der Waals surface area contributed by atoms with Crippen molar-refractivity contribution in [2.24, 2.45) is 0 Å². The van der Waals surface area contributed by atoms with E-state index in [2.05, 4.69) is 0 Å². The summed E-state index contributed by atoms with van der Waals surface area (Å²) < 4.78 is 0. The molecule has 0 fully saturated rings. The summed E-state index contributed by atoms with van der Waals surface area (Å²) in [6.07, 6.45) is 0. The van der Waals surface area contributed by atoms with Gasteiger partial charge in [0.05, 0.1) is 0 Å². The van der Waals surface area contributed by atoms with Crippen LogP contribution in [0, 0.1) is 0 Å². The van der Waals surface area contributed by atoms with Crippen molar-refractivity contribution in [3.05, 3.63) is 36.4 Å². The van der Waals surface area contributed by atoms with Gasteiger partial charge in [0.25, 0.3) is 0 Å². The van der Waals surface area contributed by atoms with Crippen LogP contribution >= 0.6 is 0 Å². The van der Waals surface area contributed by atoms with Gasteiger partial charge in [-0.3, -0.25) is 0 Å². The maximum atomic E-state index is 2.00. The Kier molecular flexibility index (Phi) is 3.26. The van der Waals surface area contributed by atoms with E-state index in [1.54, 1.807) is 0 Å². The van der Waals surface area contributed by atoms with Gasteiger partial charge in [-0.15, -0.1) is 0 Å². The summed E-state index contributed by atoms with van der Waals surface area (Å²) >= 11 is 0. The first-order chi connectivity index (χ1) is 3.00. The van der Waals surface area contributed by atoms with Crippen LogP contribution in [0.5, 0.6) is 0 Å². The third-order valence-electron chi connectivity index (χ3n) is 0.667. The van der Waals surface area contributed by atoms with Crippen LogP contribution < -0.4 is 0 Å². The third-order valence-corrected chi connectivity index (χ3v) is 0.667. The molecule has 0 saturated carbocycles. The molecule has 1 heteroatoms. The van der Waals surface area contributed by atoms with Gasteiger partial charge in [-0.1, -0.05) is 36.4 Å². The van der Waals surface area contributed by atoms with Crippen molar-refractivity contribution < 1.29 is 2.85 Å². The van der Waals surface area contributed by atoms with Crippen molar-refractivity contribution in [2.45, 2.75) is 0 Å². The maximum Gasteiger partial charge on any atom is 2.00 e. The van der Waals surface area contributed by atoms with E-state index in [-0.39, 0.29) is 13.0 Å². The van der Waals surface area contributed by atoms with Gasteiger partial charge in [0, 0.05) is 0 Å². The second-order valence-corrected chi connectivity index (χ2v) is 1.15. The molecular formula is C6H8Be. The minimum atomic E-state index is 0. The molecule has 0 aliphatic carbocycles. The van der Waals surface area contributed by atoms with Crippen LogP contribution in [0.1, 0.15) is 2.85 Å². The number of hydrogen-bond acceptors (Lipinski definition) is 0. The molecular weight excluding hydrogens is 81.1 g/mol. The van der Waals surface area contributed by atoms with Gasteiger partial charge in [0.15, 0.2) is 0 Å². The number of benzene rings is 1. The van der Waals surface area contributed by atoms with Gasteiger partial charge in [-0.2, -0.15) is 0 Å². The Morgan fingerprint density at radius 2 is 0.714 bits per heavy atom. The number of hydrogen-bond donors (Lipinski definition) is 0. The standard InChI is InChI=1S/C6H6.Be.2H/c1-2-4-6-5-3-1;;;/h1-6H;;;/q;+2;2*-1. The van der Waals surface area contributed by atoms with E-state index in [1.807, 2.05) is 36.4 Å². The molecule has 0 heterocycles. The summed E-state index contributed by atoms with van der Waals surface area (Å²) in [6, 6.07) is 12.0. The fourth-order valence-corrected chi connectivity index (χ4v) is 0.385. The van der Waals surface area contributed by atoms with Crippen molar-refractivity contribution in [3.8, 4) is 0 Å². The average Bonchev–Trinajstić information content (AvgIpc) is 1.72. The Morgan fingerprint density at radius 1 is 0.571 bits per heavy atom. The molecule has 0 aromatic heterocycles. The van der Waals surface area contributed by atoms with Crippen LogP contribution in [0.25, 0.3) is 0 Å². The third kappa shape index (κ3) is 2.13. The Balaban J connectivity index is -0.000000120. The molecule has 0 radical (unpaired) electrons. The van der Waals surface area contributed by atoms with E-state index in [1.165, 1.54) is 0 Å². The van der Waals surface area contributed by atoms with Crippen LogP contribution in [0.15, 0.2) is 36.4 Å². The minimum Gasteiger partial charge on any atom is -1.00 e. The van der Waals surface area contributed by atoms with Crippen molar-refractivity contribution in [1.29, 1.82) is 0 Å². The fraction of sp³-hybridized carbons (Fsp3) is 0. The Hall–Kier alpha value is -0.611. The molecule has 0 amide bonds. The quantitative estimate of drug-likeness (QED) is 0.423. The van der Waals surface area contributed by atoms with Gasteiger partial charge < -0.3 is 2.85 Å². The topological polar surface area (TPSA) is 0 Å². The van der Waals surface area contributed by atoms with Gasteiger partial charge >= 0.3 is 10.1 Å². The van der Waals surface area contributed by atoms with Crippen molar-refractivity contribution in [1.82, 2.24) is 0 Å². The number of rotatable bonds is 0. The molecule has 0 N–H and O–H groups in total. The van der Waals surface area contributed by atoms with Crippen molar-refractivity contribution in [3.63, 3.8) is 0 Å². The maximum absolute atomic E-state index is 2.00. The van der Waals surface area contributed by atoms with Crippen LogP contribution in [0.3, 0.4) is 0 Å². The monoisotopic (exact) mass is 89.1 g/mol. The zero-order valence-corrected chi connectivity index (χ0v) is 4.17. The fourth-order valence-electron chi connectivity index (χ4n) is 0.385. The second kappa shape index (κ2) is 3.57. The largest absolute Gasteiger partial charge is 2.00 e. The van der Waals surface area contributed by atoms with Gasteiger partial charge in [0.2, 0.25) is 0 Å². The van der Waals surface area contributed by atoms with Gasteiger partial charge in [-0.25, -0.2) is 0 Å². The average molecular weight is 89.1 g/mol. The van der Waals surface area contributed by atoms with Crippen molar-refractivity contribution in [2.75, 3.05) is 0 Å². The van der Waals surface area contributed by atoms with E-state index in [0.717, 1.165) is 0 Å². The molecule has 7 heavy (non-hydrogen) atoms. The predicted octanol–water partition coefficient (Wildman–Crippen LogP) is 1.53. The Labute approximate surface area is 50.4 Å². The first-order valence-electron chi connectivity index (χ1n) is 2.00. The predicted molar refractivity (Wildman–Crippen MR) is 34.4 cm³/mol. The van der Waals surface area contributed by atoms with Crippen LogP contribution in [-0.2, 0) is 0 Å². The smallest absolute Gasteiger partial charge is 1.00 e. The summed E-state index contributed by atoms with van der Waals surface area (Å²) in [7, 11) is 0. The van der Waals surface area contributed by atoms with E-state index >= 15 is 0 Å². The van der Waals surface area contributed by atoms with E-state index in [0.29, 0.717) is 0 Å². The Morgan fingerprint density at radius 3 is 0.857 bits per heavy atom. The van der Waals surface area contributed by atoms with Gasteiger partial charge in [0.1, 0.15) is 0 Å². The summed E-state index contributed by atoms with van der Waals surface area (Å²) in [6.45, 7) is 0. The summed E-state index contributed by atoms with van der Waals surface area (Å²) in [5.41, 5.74) is 0. The summed E-state index contributed by atoms with van der Waals surface area (Å²) in [5.74, 6) is 0. The summed E-state index contributed by atoms with van der Waals surface area (Å²) in [5, 5.41) is 0.